The maximum absolute atomic E-state index is 14.3. The van der Waals surface area contributed by atoms with Gasteiger partial charge in [0.15, 0.2) is 5.78 Å². The summed E-state index contributed by atoms with van der Waals surface area (Å²) in [6.07, 6.45) is 10.0. The van der Waals surface area contributed by atoms with Crippen LogP contribution in [-0.2, 0) is 30.5 Å². The highest BCUT2D eigenvalue weighted by Gasteiger charge is 2.71. The van der Waals surface area contributed by atoms with Crippen molar-refractivity contribution in [3.8, 4) is 0 Å². The van der Waals surface area contributed by atoms with Gasteiger partial charge in [0.25, 0.3) is 0 Å². The average Bonchev–Trinajstić information content (AvgIpc) is 3.43. The summed E-state index contributed by atoms with van der Waals surface area (Å²) in [5, 5.41) is 22.3. The highest BCUT2D eigenvalue weighted by atomic mass is 16.5. The largest absolute Gasteiger partial charge is 0.481 e. The lowest BCUT2D eigenvalue weighted by Crippen LogP contribution is -2.66. The second-order valence-electron chi connectivity index (χ2n) is 21.4. The Kier molecular flexibility index (Phi) is 11.6. The number of nitrogens with zero attached hydrogens (tertiary/aromatic N) is 3. The molecule has 10 heteroatoms. The van der Waals surface area contributed by atoms with Crippen molar-refractivity contribution < 1.29 is 34.1 Å². The molecule has 0 aliphatic heterocycles. The van der Waals surface area contributed by atoms with Crippen LogP contribution in [0.5, 0.6) is 0 Å². The maximum Gasteiger partial charge on any atom is 0.309 e. The summed E-state index contributed by atoms with van der Waals surface area (Å²) < 4.78 is 6.18. The van der Waals surface area contributed by atoms with Crippen molar-refractivity contribution in [2.45, 2.75) is 145 Å². The molecule has 1 aromatic heterocycles. The molecule has 0 unspecified atom stereocenters. The van der Waals surface area contributed by atoms with Crippen molar-refractivity contribution in [3.05, 3.63) is 41.2 Å². The number of likely N-dealkylation sites (N-methyl/N-ethyl adjacent to an activating group) is 1. The number of pyridine rings is 1. The van der Waals surface area contributed by atoms with Gasteiger partial charge in [0, 0.05) is 56.8 Å². The number of carboxylic acids is 1. The normalized spacial score (nSPS) is 35.2. The number of ketones is 1. The number of Topliss-reactive ketones (excluding diaryl/α,β-unsaturated/α-hetero) is 1. The highest BCUT2D eigenvalue weighted by Crippen LogP contribution is 2.77. The van der Waals surface area contributed by atoms with E-state index < -0.39 is 28.9 Å². The van der Waals surface area contributed by atoms with Crippen molar-refractivity contribution in [2.75, 3.05) is 27.2 Å². The van der Waals surface area contributed by atoms with Crippen molar-refractivity contribution in [1.29, 1.82) is 0 Å². The molecule has 1 amide bonds. The minimum Gasteiger partial charge on any atom is -0.481 e. The number of aliphatic carboxylic acids is 1. The first-order valence-corrected chi connectivity index (χ1v) is 21.6. The zero-order valence-electron chi connectivity index (χ0n) is 36.7. The second-order valence-corrected chi connectivity index (χ2v) is 21.4. The van der Waals surface area contributed by atoms with Crippen molar-refractivity contribution in [3.63, 3.8) is 0 Å². The van der Waals surface area contributed by atoms with Crippen molar-refractivity contribution in [2.24, 2.45) is 56.2 Å². The van der Waals surface area contributed by atoms with Gasteiger partial charge >= 0.3 is 11.9 Å². The summed E-state index contributed by atoms with van der Waals surface area (Å²) in [6.45, 7) is 20.4. The van der Waals surface area contributed by atoms with Gasteiger partial charge in [-0.25, -0.2) is 0 Å². The summed E-state index contributed by atoms with van der Waals surface area (Å²) in [5.41, 5.74) is 0.991. The number of rotatable bonds is 12. The fraction of sp³-hybridized carbons (Fsp3) is 0.766. The molecule has 0 aromatic carbocycles. The molecule has 5 aliphatic carbocycles. The number of aliphatic hydroxyl groups excluding tert-OH is 1. The van der Waals surface area contributed by atoms with Gasteiger partial charge in [0.1, 0.15) is 6.10 Å². The monoisotopic (exact) mass is 790 g/mol. The third-order valence-corrected chi connectivity index (χ3v) is 16.9. The molecule has 2 N–H and O–H groups in total. The zero-order valence-corrected chi connectivity index (χ0v) is 36.7. The number of carbonyl (C=O) groups is 4. The quantitative estimate of drug-likeness (QED) is 0.204. The molecule has 0 radical (unpaired) electrons. The molecule has 316 valence electrons. The summed E-state index contributed by atoms with van der Waals surface area (Å²) in [6, 6.07) is 3.89. The molecule has 6 rings (SSSR count). The molecule has 4 fully saturated rings. The number of amides is 1. The lowest BCUT2D eigenvalue weighted by molar-refractivity contribution is -0.235. The smallest absolute Gasteiger partial charge is 0.309 e. The van der Waals surface area contributed by atoms with Gasteiger partial charge in [0.05, 0.1) is 24.5 Å². The van der Waals surface area contributed by atoms with E-state index in [1.54, 1.807) is 45.2 Å². The van der Waals surface area contributed by atoms with Crippen LogP contribution in [0.1, 0.15) is 132 Å². The molecular weight excluding hydrogens is 719 g/mol. The van der Waals surface area contributed by atoms with Gasteiger partial charge in [-0.1, -0.05) is 54.0 Å². The first-order valence-electron chi connectivity index (χ1n) is 21.6. The Labute approximate surface area is 341 Å². The van der Waals surface area contributed by atoms with Gasteiger partial charge in [-0.3, -0.25) is 29.1 Å². The van der Waals surface area contributed by atoms with Gasteiger partial charge in [-0.05, 0) is 128 Å². The minimum absolute atomic E-state index is 0.00434. The average molecular weight is 790 g/mol. The van der Waals surface area contributed by atoms with E-state index in [1.807, 2.05) is 17.0 Å². The number of hydrogen-bond acceptors (Lipinski definition) is 8. The van der Waals surface area contributed by atoms with E-state index in [4.69, 9.17) is 4.74 Å². The van der Waals surface area contributed by atoms with Gasteiger partial charge in [-0.2, -0.15) is 0 Å². The van der Waals surface area contributed by atoms with Crippen LogP contribution in [0.4, 0.5) is 0 Å². The molecule has 57 heavy (non-hydrogen) atoms. The van der Waals surface area contributed by atoms with E-state index in [-0.39, 0.29) is 64.3 Å². The standard InChI is InChI=1S/C47H71N3O7/c1-29(2)39-32(51)24-47(35(52)27-50(28-37(53)49(10)11)26-30-16-22-48-23-17-30)21-20-45(8)31(40(39)47)12-13-34-44(7)18-15-36(57-38(54)25-42(3,4)41(55)56)43(5,6)33(44)14-19-46(34,45)9/h16-17,22-23,29,31,33-36,52H,12-15,18-21,24-28H2,1-11H3,(H,55,56)/t31-,33+,34-,35+,36+,44+,45-,46-,47+/m1/s1. The number of aromatic nitrogens is 1. The Morgan fingerprint density at radius 2 is 1.60 bits per heavy atom. The fourth-order valence-electron chi connectivity index (χ4n) is 13.6. The molecule has 0 spiro atoms. The third-order valence-electron chi connectivity index (χ3n) is 16.9. The van der Waals surface area contributed by atoms with E-state index >= 15 is 0 Å². The Bertz CT molecular complexity index is 1770. The van der Waals surface area contributed by atoms with Crippen LogP contribution < -0.4 is 0 Å². The molecule has 4 saturated carbocycles. The first kappa shape index (κ1) is 43.5. The van der Waals surface area contributed by atoms with Crippen LogP contribution in [0.25, 0.3) is 0 Å². The molecule has 1 aromatic rings. The number of carbonyl (C=O) groups excluding carboxylic acids is 3. The predicted octanol–water partition coefficient (Wildman–Crippen LogP) is 7.73. The van der Waals surface area contributed by atoms with E-state index in [0.29, 0.717) is 31.3 Å². The molecule has 0 bridgehead atoms. The Morgan fingerprint density at radius 3 is 2.21 bits per heavy atom. The fourth-order valence-corrected chi connectivity index (χ4v) is 13.6. The Morgan fingerprint density at radius 1 is 0.930 bits per heavy atom. The number of esters is 1. The number of fused-ring (bicyclic) bond motifs is 7. The molecule has 0 saturated heterocycles. The third kappa shape index (κ3) is 7.20. The van der Waals surface area contributed by atoms with Crippen LogP contribution in [0.3, 0.4) is 0 Å². The topological polar surface area (TPSA) is 137 Å². The van der Waals surface area contributed by atoms with Crippen LogP contribution >= 0.6 is 0 Å². The second kappa shape index (κ2) is 15.2. The maximum atomic E-state index is 14.3. The number of hydrogen-bond donors (Lipinski definition) is 2. The number of aliphatic hydroxyl groups is 1. The van der Waals surface area contributed by atoms with Crippen LogP contribution in [-0.4, -0.2) is 88.0 Å². The van der Waals surface area contributed by atoms with E-state index in [2.05, 4.69) is 53.5 Å². The highest BCUT2D eigenvalue weighted by molar-refractivity contribution is 6.00. The van der Waals surface area contributed by atoms with Crippen molar-refractivity contribution >= 4 is 23.6 Å². The number of allylic oxidation sites excluding steroid dienone is 1. The number of ether oxygens (including phenoxy) is 1. The van der Waals surface area contributed by atoms with E-state index in [1.165, 1.54) is 5.57 Å². The van der Waals surface area contributed by atoms with Crippen LogP contribution in [0, 0.1) is 56.2 Å². The minimum atomic E-state index is -1.18. The summed E-state index contributed by atoms with van der Waals surface area (Å²) >= 11 is 0. The van der Waals surface area contributed by atoms with E-state index in [0.717, 1.165) is 62.5 Å². The summed E-state index contributed by atoms with van der Waals surface area (Å²) in [7, 11) is 3.51. The molecule has 1 heterocycles. The summed E-state index contributed by atoms with van der Waals surface area (Å²) in [5.74, 6) is -0.291. The van der Waals surface area contributed by atoms with E-state index in [9.17, 15) is 29.4 Å². The zero-order chi connectivity index (χ0) is 42.1. The predicted molar refractivity (Wildman–Crippen MR) is 220 cm³/mol. The van der Waals surface area contributed by atoms with Crippen LogP contribution in [0.2, 0.25) is 0 Å². The van der Waals surface area contributed by atoms with Gasteiger partial charge in [-0.15, -0.1) is 0 Å². The first-order chi connectivity index (χ1) is 26.4. The van der Waals surface area contributed by atoms with Crippen molar-refractivity contribution in [1.82, 2.24) is 14.8 Å². The SMILES string of the molecule is CC(C)C1=C2[C@H]3CC[C@@H]4[C@@]5(C)CC[C@H](OC(=O)CC(C)(C)C(=O)O)C(C)(C)[C@@H]5CC[C@@]4(C)[C@]3(C)CC[C@@]2([C@@H](O)CN(CC(=O)N(C)C)Cc2ccncc2)CC1=O. The van der Waals surface area contributed by atoms with Gasteiger partial charge in [0.2, 0.25) is 5.91 Å². The lowest BCUT2D eigenvalue weighted by atomic mass is 9.33. The molecular formula is C47H71N3O7. The Balaban J connectivity index is 1.30. The molecule has 5 aliphatic rings. The molecule has 9 atom stereocenters. The Hall–Kier alpha value is -3.11. The molecule has 10 nitrogen and oxygen atoms in total. The van der Waals surface area contributed by atoms with Crippen LogP contribution in [0.15, 0.2) is 35.7 Å². The number of carboxylic acid groups (broad SMARTS) is 1. The van der Waals surface area contributed by atoms with Gasteiger partial charge < -0.3 is 19.8 Å². The summed E-state index contributed by atoms with van der Waals surface area (Å²) in [4.78, 5) is 60.1. The lowest BCUT2D eigenvalue weighted by Gasteiger charge is -2.72.